The zero-order valence-electron chi connectivity index (χ0n) is 17.3. The fraction of sp³-hybridized carbons (Fsp3) is 0.167. The Morgan fingerprint density at radius 3 is 2.55 bits per heavy atom. The molecule has 0 radical (unpaired) electrons. The van der Waals surface area contributed by atoms with Gasteiger partial charge in [0.1, 0.15) is 12.4 Å². The van der Waals surface area contributed by atoms with E-state index >= 15 is 0 Å². The molecule has 0 aliphatic carbocycles. The molecular formula is C24H23ClN2O4. The third-order valence-electron chi connectivity index (χ3n) is 4.28. The molecule has 0 heterocycles. The van der Waals surface area contributed by atoms with E-state index in [0.717, 1.165) is 11.1 Å². The van der Waals surface area contributed by atoms with Crippen molar-refractivity contribution in [2.75, 3.05) is 13.7 Å². The van der Waals surface area contributed by atoms with Crippen molar-refractivity contribution in [1.82, 2.24) is 5.43 Å². The highest BCUT2D eigenvalue weighted by atomic mass is 35.5. The number of hydrogen-bond donors (Lipinski definition) is 1. The molecule has 0 fully saturated rings. The molecule has 7 heteroatoms. The Bertz CT molecular complexity index is 1050. The number of rotatable bonds is 9. The van der Waals surface area contributed by atoms with E-state index in [0.29, 0.717) is 41.0 Å². The predicted octanol–water partition coefficient (Wildman–Crippen LogP) is 5.09. The fourth-order valence-electron chi connectivity index (χ4n) is 2.75. The minimum absolute atomic E-state index is 0.314. The zero-order chi connectivity index (χ0) is 22.1. The van der Waals surface area contributed by atoms with Crippen molar-refractivity contribution in [3.05, 3.63) is 88.4 Å². The highest BCUT2D eigenvalue weighted by Crippen LogP contribution is 2.29. The molecule has 160 valence electrons. The molecule has 31 heavy (non-hydrogen) atoms. The van der Waals surface area contributed by atoms with Crippen molar-refractivity contribution in [3.8, 4) is 17.2 Å². The smallest absolute Gasteiger partial charge is 0.271 e. The molecule has 0 bridgehead atoms. The minimum atomic E-state index is -0.314. The van der Waals surface area contributed by atoms with Gasteiger partial charge < -0.3 is 14.2 Å². The SMILES string of the molecule is CCOc1cc(/C=N\NC(=O)c2ccc(OC)cc2)ccc1OCc1cccc(Cl)c1. The van der Waals surface area contributed by atoms with Crippen LogP contribution >= 0.6 is 11.6 Å². The quantitative estimate of drug-likeness (QED) is 0.373. The number of ether oxygens (including phenoxy) is 3. The van der Waals surface area contributed by atoms with Gasteiger partial charge in [0.2, 0.25) is 0 Å². The van der Waals surface area contributed by atoms with Gasteiger partial charge in [0, 0.05) is 10.6 Å². The molecule has 3 rings (SSSR count). The highest BCUT2D eigenvalue weighted by Gasteiger charge is 2.08. The van der Waals surface area contributed by atoms with E-state index in [1.165, 1.54) is 0 Å². The van der Waals surface area contributed by atoms with Crippen LogP contribution in [0.3, 0.4) is 0 Å². The van der Waals surface area contributed by atoms with E-state index in [2.05, 4.69) is 10.5 Å². The topological polar surface area (TPSA) is 69.2 Å². The number of nitrogens with one attached hydrogen (secondary N) is 1. The monoisotopic (exact) mass is 438 g/mol. The van der Waals surface area contributed by atoms with Crippen LogP contribution in [0, 0.1) is 0 Å². The molecule has 6 nitrogen and oxygen atoms in total. The summed E-state index contributed by atoms with van der Waals surface area (Å²) in [6, 6.07) is 19.7. The van der Waals surface area contributed by atoms with Gasteiger partial charge >= 0.3 is 0 Å². The number of halogens is 1. The Morgan fingerprint density at radius 1 is 1.03 bits per heavy atom. The van der Waals surface area contributed by atoms with Gasteiger partial charge in [-0.25, -0.2) is 5.43 Å². The van der Waals surface area contributed by atoms with E-state index in [4.69, 9.17) is 25.8 Å². The van der Waals surface area contributed by atoms with Gasteiger partial charge in [0.25, 0.3) is 5.91 Å². The summed E-state index contributed by atoms with van der Waals surface area (Å²) in [4.78, 5) is 12.2. The van der Waals surface area contributed by atoms with E-state index in [1.54, 1.807) is 43.7 Å². The maximum absolute atomic E-state index is 12.2. The summed E-state index contributed by atoms with van der Waals surface area (Å²) in [6.45, 7) is 2.75. The lowest BCUT2D eigenvalue weighted by Crippen LogP contribution is -2.17. The van der Waals surface area contributed by atoms with Crippen molar-refractivity contribution in [1.29, 1.82) is 0 Å². The van der Waals surface area contributed by atoms with Crippen LogP contribution in [0.15, 0.2) is 71.8 Å². The van der Waals surface area contributed by atoms with Crippen LogP contribution in [0.25, 0.3) is 0 Å². The Morgan fingerprint density at radius 2 is 1.84 bits per heavy atom. The average molecular weight is 439 g/mol. The number of methoxy groups -OCH3 is 1. The molecule has 0 aliphatic rings. The molecule has 3 aromatic carbocycles. The van der Waals surface area contributed by atoms with Crippen LogP contribution in [0.1, 0.15) is 28.4 Å². The van der Waals surface area contributed by atoms with Crippen molar-refractivity contribution >= 4 is 23.7 Å². The Balaban J connectivity index is 1.64. The van der Waals surface area contributed by atoms with E-state index in [9.17, 15) is 4.79 Å². The predicted molar refractivity (Wildman–Crippen MR) is 121 cm³/mol. The van der Waals surface area contributed by atoms with Crippen LogP contribution in [-0.2, 0) is 6.61 Å². The summed E-state index contributed by atoms with van der Waals surface area (Å²) in [5.41, 5.74) is 4.71. The molecule has 3 aromatic rings. The van der Waals surface area contributed by atoms with Gasteiger partial charge in [-0.15, -0.1) is 0 Å². The van der Waals surface area contributed by atoms with Gasteiger partial charge in [-0.2, -0.15) is 5.10 Å². The molecule has 1 amide bonds. The lowest BCUT2D eigenvalue weighted by atomic mass is 10.2. The largest absolute Gasteiger partial charge is 0.497 e. The first-order valence-corrected chi connectivity index (χ1v) is 10.1. The van der Waals surface area contributed by atoms with E-state index in [-0.39, 0.29) is 5.91 Å². The van der Waals surface area contributed by atoms with Crippen molar-refractivity contribution < 1.29 is 19.0 Å². The number of carbonyl (C=O) groups is 1. The van der Waals surface area contributed by atoms with Crippen LogP contribution in [0.2, 0.25) is 5.02 Å². The number of carbonyl (C=O) groups excluding carboxylic acids is 1. The Labute approximate surface area is 186 Å². The Kier molecular flexibility index (Phi) is 7.90. The standard InChI is InChI=1S/C24H23ClN2O4/c1-3-30-23-14-17(7-12-22(23)31-16-18-5-4-6-20(25)13-18)15-26-27-24(28)19-8-10-21(29-2)11-9-19/h4-15H,3,16H2,1-2H3,(H,27,28)/b26-15-. The van der Waals surface area contributed by atoms with Crippen molar-refractivity contribution in [2.24, 2.45) is 5.10 Å². The van der Waals surface area contributed by atoms with Gasteiger partial charge in [0.15, 0.2) is 11.5 Å². The Hall–Kier alpha value is -3.51. The van der Waals surface area contributed by atoms with Gasteiger partial charge in [-0.1, -0.05) is 23.7 Å². The number of nitrogens with zero attached hydrogens (tertiary/aromatic N) is 1. The van der Waals surface area contributed by atoms with Gasteiger partial charge in [-0.05, 0) is 72.6 Å². The second-order valence-electron chi connectivity index (χ2n) is 6.49. The maximum Gasteiger partial charge on any atom is 0.271 e. The summed E-state index contributed by atoms with van der Waals surface area (Å²) >= 11 is 6.02. The molecule has 0 aromatic heterocycles. The molecular weight excluding hydrogens is 416 g/mol. The first-order chi connectivity index (χ1) is 15.1. The molecule has 0 atom stereocenters. The molecule has 1 N–H and O–H groups in total. The third kappa shape index (κ3) is 6.49. The van der Waals surface area contributed by atoms with E-state index in [1.807, 2.05) is 43.3 Å². The summed E-state index contributed by atoms with van der Waals surface area (Å²) in [7, 11) is 1.57. The number of hydrazone groups is 1. The summed E-state index contributed by atoms with van der Waals surface area (Å²) in [5.74, 6) is 1.57. The van der Waals surface area contributed by atoms with Gasteiger partial charge in [-0.3, -0.25) is 4.79 Å². The highest BCUT2D eigenvalue weighted by molar-refractivity contribution is 6.30. The third-order valence-corrected chi connectivity index (χ3v) is 4.52. The molecule has 0 spiro atoms. The van der Waals surface area contributed by atoms with Crippen LogP contribution in [0.4, 0.5) is 0 Å². The second-order valence-corrected chi connectivity index (χ2v) is 6.92. The number of hydrogen-bond acceptors (Lipinski definition) is 5. The minimum Gasteiger partial charge on any atom is -0.497 e. The van der Waals surface area contributed by atoms with Crippen molar-refractivity contribution in [3.63, 3.8) is 0 Å². The number of amides is 1. The zero-order valence-corrected chi connectivity index (χ0v) is 18.1. The lowest BCUT2D eigenvalue weighted by molar-refractivity contribution is 0.0955. The first-order valence-electron chi connectivity index (χ1n) is 9.70. The molecule has 0 unspecified atom stereocenters. The molecule has 0 aliphatic heterocycles. The van der Waals surface area contributed by atoms with E-state index < -0.39 is 0 Å². The lowest BCUT2D eigenvalue weighted by Gasteiger charge is -2.12. The number of benzene rings is 3. The van der Waals surface area contributed by atoms with Crippen LogP contribution in [0.5, 0.6) is 17.2 Å². The molecule has 0 saturated heterocycles. The maximum atomic E-state index is 12.2. The first kappa shape index (κ1) is 22.2. The van der Waals surface area contributed by atoms with Crippen LogP contribution < -0.4 is 19.6 Å². The van der Waals surface area contributed by atoms with Crippen molar-refractivity contribution in [2.45, 2.75) is 13.5 Å². The van der Waals surface area contributed by atoms with Crippen LogP contribution in [-0.4, -0.2) is 25.8 Å². The normalized spacial score (nSPS) is 10.7. The second kappa shape index (κ2) is 11.0. The summed E-state index contributed by atoms with van der Waals surface area (Å²) < 4.78 is 16.7. The summed E-state index contributed by atoms with van der Waals surface area (Å²) in [5, 5.41) is 4.69. The van der Waals surface area contributed by atoms with Gasteiger partial charge in [0.05, 0.1) is 19.9 Å². The fourth-order valence-corrected chi connectivity index (χ4v) is 2.97. The molecule has 0 saturated carbocycles. The summed E-state index contributed by atoms with van der Waals surface area (Å²) in [6.07, 6.45) is 1.55. The average Bonchev–Trinajstić information content (AvgIpc) is 2.79.